The first kappa shape index (κ1) is 23.4. The molecule has 11 nitrogen and oxygen atoms in total. The fraction of sp³-hybridized carbons (Fsp3) is 0.273. The molecule has 0 bridgehead atoms. The summed E-state index contributed by atoms with van der Waals surface area (Å²) in [6, 6.07) is 9.99. The third-order valence-corrected chi connectivity index (χ3v) is 6.43. The lowest BCUT2D eigenvalue weighted by Crippen LogP contribution is -2.19. The summed E-state index contributed by atoms with van der Waals surface area (Å²) in [6.45, 7) is 0.360. The van der Waals surface area contributed by atoms with E-state index in [1.807, 2.05) is 0 Å². The van der Waals surface area contributed by atoms with Crippen LogP contribution in [-0.4, -0.2) is 45.4 Å². The van der Waals surface area contributed by atoms with Crippen LogP contribution in [0.2, 0.25) is 0 Å². The number of aliphatic hydroxyl groups is 1. The van der Waals surface area contributed by atoms with Crippen molar-refractivity contribution in [2.75, 3.05) is 17.9 Å². The molecule has 2 heterocycles. The highest BCUT2D eigenvalue weighted by Gasteiger charge is 2.22. The van der Waals surface area contributed by atoms with E-state index in [0.29, 0.717) is 35.6 Å². The van der Waals surface area contributed by atoms with Gasteiger partial charge in [0.2, 0.25) is 0 Å². The van der Waals surface area contributed by atoms with Gasteiger partial charge in [0.15, 0.2) is 10.8 Å². The van der Waals surface area contributed by atoms with Gasteiger partial charge >= 0.3 is 5.69 Å². The number of aliphatic hydroxyl groups excluding tert-OH is 1. The molecule has 180 valence electrons. The standard InChI is InChI=1S/C22H25N5O6S/c1-25-13-21(23-14-25)34(30,31)24-17-11-18-19(27(3)22(29)26(18)2)12-20(17)33-16-7-4-6-15(10-16)32-9-5-8-28/h4,6-7,10-14,24,28H,5,8-9H2,1-3H3. The third kappa shape index (κ3) is 4.63. The van der Waals surface area contributed by atoms with E-state index in [2.05, 4.69) is 9.71 Å². The Bertz CT molecular complexity index is 1500. The molecule has 4 aromatic rings. The number of hydrogen-bond acceptors (Lipinski definition) is 7. The molecule has 0 saturated heterocycles. The molecule has 2 aromatic heterocycles. The van der Waals surface area contributed by atoms with Crippen molar-refractivity contribution in [2.24, 2.45) is 21.1 Å². The Morgan fingerprint density at radius 1 is 1.06 bits per heavy atom. The largest absolute Gasteiger partial charge is 0.493 e. The van der Waals surface area contributed by atoms with Gasteiger partial charge in [0.1, 0.15) is 11.5 Å². The van der Waals surface area contributed by atoms with Crippen molar-refractivity contribution in [3.63, 3.8) is 0 Å². The molecule has 0 aliphatic rings. The number of hydrogen-bond donors (Lipinski definition) is 2. The average molecular weight is 488 g/mol. The van der Waals surface area contributed by atoms with Crippen LogP contribution in [0.4, 0.5) is 5.69 Å². The molecule has 0 amide bonds. The molecule has 0 atom stereocenters. The molecule has 2 N–H and O–H groups in total. The topological polar surface area (TPSA) is 130 Å². The van der Waals surface area contributed by atoms with Crippen LogP contribution in [0.1, 0.15) is 6.42 Å². The zero-order valence-electron chi connectivity index (χ0n) is 18.9. The van der Waals surface area contributed by atoms with E-state index >= 15 is 0 Å². The molecule has 0 radical (unpaired) electrons. The first-order valence-electron chi connectivity index (χ1n) is 10.4. The van der Waals surface area contributed by atoms with Crippen LogP contribution >= 0.6 is 0 Å². The summed E-state index contributed by atoms with van der Waals surface area (Å²) in [5.41, 5.74) is 0.981. The van der Waals surface area contributed by atoms with Crippen LogP contribution in [0.3, 0.4) is 0 Å². The van der Waals surface area contributed by atoms with Crippen LogP contribution in [0.15, 0.2) is 58.7 Å². The van der Waals surface area contributed by atoms with E-state index in [9.17, 15) is 13.2 Å². The summed E-state index contributed by atoms with van der Waals surface area (Å²) in [5.74, 6) is 1.13. The molecule has 12 heteroatoms. The fourth-order valence-electron chi connectivity index (χ4n) is 3.42. The summed E-state index contributed by atoms with van der Waals surface area (Å²) >= 11 is 0. The monoisotopic (exact) mass is 487 g/mol. The number of nitrogens with one attached hydrogen (secondary N) is 1. The number of imidazole rings is 2. The van der Waals surface area contributed by atoms with E-state index < -0.39 is 10.0 Å². The first-order chi connectivity index (χ1) is 16.2. The Morgan fingerprint density at radius 2 is 1.76 bits per heavy atom. The van der Waals surface area contributed by atoms with Crippen LogP contribution in [0, 0.1) is 0 Å². The summed E-state index contributed by atoms with van der Waals surface area (Å²) in [5, 5.41) is 8.79. The quantitative estimate of drug-likeness (QED) is 0.345. The van der Waals surface area contributed by atoms with E-state index in [0.717, 1.165) is 0 Å². The molecule has 0 aliphatic heterocycles. The number of aryl methyl sites for hydroxylation is 3. The van der Waals surface area contributed by atoms with E-state index in [1.165, 1.54) is 26.2 Å². The van der Waals surface area contributed by atoms with Crippen LogP contribution < -0.4 is 19.9 Å². The van der Waals surface area contributed by atoms with E-state index in [-0.39, 0.29) is 28.8 Å². The molecule has 2 aromatic carbocycles. The Kier molecular flexibility index (Phi) is 6.35. The molecule has 34 heavy (non-hydrogen) atoms. The van der Waals surface area contributed by atoms with E-state index in [4.69, 9.17) is 14.6 Å². The predicted molar refractivity (Wildman–Crippen MR) is 126 cm³/mol. The van der Waals surface area contributed by atoms with Crippen molar-refractivity contribution in [2.45, 2.75) is 11.4 Å². The van der Waals surface area contributed by atoms with Gasteiger partial charge < -0.3 is 19.1 Å². The Labute approximate surface area is 195 Å². The van der Waals surface area contributed by atoms with Gasteiger partial charge in [-0.2, -0.15) is 8.42 Å². The van der Waals surface area contributed by atoms with Crippen molar-refractivity contribution in [3.05, 3.63) is 59.4 Å². The normalized spacial score (nSPS) is 11.6. The lowest BCUT2D eigenvalue weighted by atomic mass is 10.2. The summed E-state index contributed by atoms with van der Waals surface area (Å²) in [7, 11) is 0.882. The molecular weight excluding hydrogens is 462 g/mol. The Hall–Kier alpha value is -3.77. The second-order valence-electron chi connectivity index (χ2n) is 7.72. The number of nitrogens with zero attached hydrogens (tertiary/aromatic N) is 4. The number of anilines is 1. The Morgan fingerprint density at radius 3 is 2.44 bits per heavy atom. The maximum absolute atomic E-state index is 13.0. The lowest BCUT2D eigenvalue weighted by Gasteiger charge is -2.14. The van der Waals surface area contributed by atoms with E-state index in [1.54, 1.807) is 57.5 Å². The van der Waals surface area contributed by atoms with Crippen molar-refractivity contribution in [3.8, 4) is 17.2 Å². The highest BCUT2D eigenvalue weighted by atomic mass is 32.2. The predicted octanol–water partition coefficient (Wildman–Crippen LogP) is 1.96. The lowest BCUT2D eigenvalue weighted by molar-refractivity contribution is 0.233. The molecule has 0 aliphatic carbocycles. The minimum atomic E-state index is -4.02. The minimum Gasteiger partial charge on any atom is -0.493 e. The maximum atomic E-state index is 13.0. The Balaban J connectivity index is 1.76. The summed E-state index contributed by atoms with van der Waals surface area (Å²) in [6.07, 6.45) is 3.26. The zero-order chi connectivity index (χ0) is 24.5. The molecule has 0 fully saturated rings. The number of sulfonamides is 1. The van der Waals surface area contributed by atoms with Crippen LogP contribution in [-0.2, 0) is 31.2 Å². The smallest absolute Gasteiger partial charge is 0.328 e. The average Bonchev–Trinajstić information content (AvgIpc) is 3.33. The van der Waals surface area contributed by atoms with Gasteiger partial charge in [-0.15, -0.1) is 0 Å². The highest BCUT2D eigenvalue weighted by Crippen LogP contribution is 2.35. The molecule has 0 saturated carbocycles. The van der Waals surface area contributed by atoms with Gasteiger partial charge in [-0.3, -0.25) is 13.9 Å². The SMILES string of the molecule is Cn1cnc(S(=O)(=O)Nc2cc3c(cc2Oc2cccc(OCCCO)c2)n(C)c(=O)n3C)c1. The number of fused-ring (bicyclic) bond motifs is 1. The second-order valence-corrected chi connectivity index (χ2v) is 9.35. The number of aromatic nitrogens is 4. The molecule has 0 spiro atoms. The van der Waals surface area contributed by atoms with Crippen molar-refractivity contribution in [1.29, 1.82) is 0 Å². The number of ether oxygens (including phenoxy) is 2. The van der Waals surface area contributed by atoms with Gasteiger partial charge in [-0.1, -0.05) is 6.07 Å². The highest BCUT2D eigenvalue weighted by molar-refractivity contribution is 7.92. The van der Waals surface area contributed by atoms with Crippen LogP contribution in [0.25, 0.3) is 11.0 Å². The first-order valence-corrected chi connectivity index (χ1v) is 11.9. The second kappa shape index (κ2) is 9.23. The summed E-state index contributed by atoms with van der Waals surface area (Å²) in [4.78, 5) is 16.4. The minimum absolute atomic E-state index is 0.0196. The van der Waals surface area contributed by atoms with Gasteiger partial charge in [-0.25, -0.2) is 9.78 Å². The van der Waals surface area contributed by atoms with Crippen molar-refractivity contribution in [1.82, 2.24) is 18.7 Å². The maximum Gasteiger partial charge on any atom is 0.328 e. The van der Waals surface area contributed by atoms with Gasteiger partial charge in [0, 0.05) is 52.5 Å². The zero-order valence-corrected chi connectivity index (χ0v) is 19.7. The van der Waals surface area contributed by atoms with Gasteiger partial charge in [0.05, 0.1) is 29.7 Å². The summed E-state index contributed by atoms with van der Waals surface area (Å²) < 4.78 is 44.5. The third-order valence-electron chi connectivity index (χ3n) is 5.18. The van der Waals surface area contributed by atoms with Crippen molar-refractivity contribution < 1.29 is 23.0 Å². The fourth-order valence-corrected chi connectivity index (χ4v) is 4.47. The van der Waals surface area contributed by atoms with Gasteiger partial charge in [-0.05, 0) is 18.2 Å². The van der Waals surface area contributed by atoms with Crippen molar-refractivity contribution >= 4 is 26.7 Å². The van der Waals surface area contributed by atoms with Gasteiger partial charge in [0.25, 0.3) is 10.0 Å². The molecule has 4 rings (SSSR count). The molecule has 0 unspecified atom stereocenters. The number of benzene rings is 2. The molecular formula is C22H25N5O6S. The van der Waals surface area contributed by atoms with Crippen LogP contribution in [0.5, 0.6) is 17.2 Å². The number of rotatable bonds is 9.